The molecule has 120 valence electrons. The lowest BCUT2D eigenvalue weighted by atomic mass is 10.1. The van der Waals surface area contributed by atoms with E-state index in [9.17, 15) is 9.59 Å². The van der Waals surface area contributed by atoms with Gasteiger partial charge in [-0.2, -0.15) is 0 Å². The van der Waals surface area contributed by atoms with Crippen molar-refractivity contribution in [1.29, 1.82) is 0 Å². The topological polar surface area (TPSA) is 58.2 Å². The van der Waals surface area contributed by atoms with Crippen LogP contribution in [-0.2, 0) is 0 Å². The molecule has 0 aliphatic heterocycles. The van der Waals surface area contributed by atoms with Gasteiger partial charge in [-0.05, 0) is 43.5 Å². The van der Waals surface area contributed by atoms with Gasteiger partial charge >= 0.3 is 0 Å². The summed E-state index contributed by atoms with van der Waals surface area (Å²) in [5.41, 5.74) is 1.22. The Kier molecular flexibility index (Phi) is 6.44. The average Bonchev–Trinajstić information content (AvgIpc) is 2.81. The third kappa shape index (κ3) is 4.86. The second-order valence-electron chi connectivity index (χ2n) is 6.00. The van der Waals surface area contributed by atoms with Crippen LogP contribution in [0.2, 0.25) is 0 Å². The van der Waals surface area contributed by atoms with Crippen LogP contribution in [0.5, 0.6) is 0 Å². The molecule has 0 unspecified atom stereocenters. The molecule has 0 spiro atoms. The first-order valence-corrected chi connectivity index (χ1v) is 8.40. The summed E-state index contributed by atoms with van der Waals surface area (Å²) in [6.07, 6.45) is 7.99. The maximum atomic E-state index is 12.3. The molecule has 1 aliphatic carbocycles. The van der Waals surface area contributed by atoms with Crippen molar-refractivity contribution in [2.75, 3.05) is 6.54 Å². The summed E-state index contributed by atoms with van der Waals surface area (Å²) >= 11 is 0. The minimum atomic E-state index is -0.0856. The molecular weight excluding hydrogens is 276 g/mol. The quantitative estimate of drug-likeness (QED) is 0.820. The van der Waals surface area contributed by atoms with Crippen LogP contribution >= 0.6 is 0 Å². The van der Waals surface area contributed by atoms with Gasteiger partial charge in [-0.3, -0.25) is 9.59 Å². The van der Waals surface area contributed by atoms with Crippen molar-refractivity contribution in [2.45, 2.75) is 57.9 Å². The maximum absolute atomic E-state index is 12.3. The lowest BCUT2D eigenvalue weighted by Crippen LogP contribution is -2.34. The predicted molar refractivity (Wildman–Crippen MR) is 88.0 cm³/mol. The lowest BCUT2D eigenvalue weighted by molar-refractivity contribution is 0.0927. The zero-order chi connectivity index (χ0) is 15.8. The van der Waals surface area contributed by atoms with E-state index in [1.807, 2.05) is 6.92 Å². The number of hydrogen-bond donors (Lipinski definition) is 2. The first kappa shape index (κ1) is 16.5. The fourth-order valence-corrected chi connectivity index (χ4v) is 2.81. The van der Waals surface area contributed by atoms with Gasteiger partial charge in [0, 0.05) is 23.7 Å². The normalized spacial score (nSPS) is 15.9. The zero-order valence-electron chi connectivity index (χ0n) is 13.4. The van der Waals surface area contributed by atoms with Crippen LogP contribution in [0.1, 0.15) is 72.6 Å². The summed E-state index contributed by atoms with van der Waals surface area (Å²) in [7, 11) is 0. The summed E-state index contributed by atoms with van der Waals surface area (Å²) in [4.78, 5) is 24.1. The van der Waals surface area contributed by atoms with Crippen LogP contribution in [0.25, 0.3) is 0 Å². The summed E-state index contributed by atoms with van der Waals surface area (Å²) in [6, 6.07) is 7.18. The van der Waals surface area contributed by atoms with Crippen molar-refractivity contribution in [3.63, 3.8) is 0 Å². The van der Waals surface area contributed by atoms with Gasteiger partial charge in [0.1, 0.15) is 0 Å². The van der Waals surface area contributed by atoms with Gasteiger partial charge in [-0.15, -0.1) is 0 Å². The Morgan fingerprint density at radius 3 is 2.05 bits per heavy atom. The van der Waals surface area contributed by atoms with E-state index in [0.717, 1.165) is 19.3 Å². The maximum Gasteiger partial charge on any atom is 0.251 e. The standard InChI is InChI=1S/C18H26N2O2/c1-2-13-19-17(21)14-9-11-15(12-10-14)18(22)20-16-7-5-3-4-6-8-16/h9-12,16H,2-8,13H2,1H3,(H,19,21)(H,20,22). The van der Waals surface area contributed by atoms with E-state index in [0.29, 0.717) is 23.7 Å². The first-order valence-electron chi connectivity index (χ1n) is 8.40. The van der Waals surface area contributed by atoms with Gasteiger partial charge in [0.15, 0.2) is 0 Å². The summed E-state index contributed by atoms with van der Waals surface area (Å²) < 4.78 is 0. The number of benzene rings is 1. The summed E-state index contributed by atoms with van der Waals surface area (Å²) in [5.74, 6) is -0.120. The molecule has 0 heterocycles. The molecular formula is C18H26N2O2. The van der Waals surface area contributed by atoms with Gasteiger partial charge in [0.05, 0.1) is 0 Å². The van der Waals surface area contributed by atoms with E-state index < -0.39 is 0 Å². The number of amides is 2. The van der Waals surface area contributed by atoms with Crippen molar-refractivity contribution in [3.05, 3.63) is 35.4 Å². The third-order valence-corrected chi connectivity index (χ3v) is 4.14. The van der Waals surface area contributed by atoms with Crippen LogP contribution in [0.4, 0.5) is 0 Å². The van der Waals surface area contributed by atoms with E-state index in [1.165, 1.54) is 25.7 Å². The highest BCUT2D eigenvalue weighted by Crippen LogP contribution is 2.17. The Bertz CT molecular complexity index is 488. The highest BCUT2D eigenvalue weighted by Gasteiger charge is 2.16. The molecule has 0 radical (unpaired) electrons. The largest absolute Gasteiger partial charge is 0.352 e. The molecule has 1 aliphatic rings. The monoisotopic (exact) mass is 302 g/mol. The van der Waals surface area contributed by atoms with Crippen LogP contribution in [-0.4, -0.2) is 24.4 Å². The molecule has 1 fully saturated rings. The van der Waals surface area contributed by atoms with Crippen molar-refractivity contribution in [2.24, 2.45) is 0 Å². The third-order valence-electron chi connectivity index (χ3n) is 4.14. The molecule has 2 rings (SSSR count). The van der Waals surface area contributed by atoms with Crippen molar-refractivity contribution in [3.8, 4) is 0 Å². The second kappa shape index (κ2) is 8.57. The molecule has 0 saturated heterocycles. The molecule has 0 atom stereocenters. The van der Waals surface area contributed by atoms with E-state index in [2.05, 4.69) is 10.6 Å². The minimum absolute atomic E-state index is 0.0348. The second-order valence-corrected chi connectivity index (χ2v) is 6.00. The molecule has 22 heavy (non-hydrogen) atoms. The molecule has 0 bridgehead atoms. The SMILES string of the molecule is CCCNC(=O)c1ccc(C(=O)NC2CCCCCC2)cc1. The Morgan fingerprint density at radius 2 is 1.50 bits per heavy atom. The van der Waals surface area contributed by atoms with Gasteiger partial charge in [0.25, 0.3) is 11.8 Å². The Balaban J connectivity index is 1.91. The van der Waals surface area contributed by atoms with Crippen LogP contribution < -0.4 is 10.6 Å². The minimum Gasteiger partial charge on any atom is -0.352 e. The molecule has 4 nitrogen and oxygen atoms in total. The van der Waals surface area contributed by atoms with E-state index in [1.54, 1.807) is 24.3 Å². The van der Waals surface area contributed by atoms with Crippen LogP contribution in [0.3, 0.4) is 0 Å². The average molecular weight is 302 g/mol. The predicted octanol–water partition coefficient (Wildman–Crippen LogP) is 3.28. The molecule has 0 aromatic heterocycles. The van der Waals surface area contributed by atoms with Crippen LogP contribution in [0, 0.1) is 0 Å². The highest BCUT2D eigenvalue weighted by atomic mass is 16.2. The Morgan fingerprint density at radius 1 is 0.955 bits per heavy atom. The summed E-state index contributed by atoms with van der Waals surface area (Å²) in [5, 5.41) is 5.95. The Hall–Kier alpha value is -1.84. The van der Waals surface area contributed by atoms with Crippen molar-refractivity contribution in [1.82, 2.24) is 10.6 Å². The first-order chi connectivity index (χ1) is 10.7. The molecule has 1 aromatic carbocycles. The van der Waals surface area contributed by atoms with E-state index >= 15 is 0 Å². The zero-order valence-corrected chi connectivity index (χ0v) is 13.4. The summed E-state index contributed by atoms with van der Waals surface area (Å²) in [6.45, 7) is 2.68. The molecule has 1 aromatic rings. The Labute approximate surface area is 132 Å². The van der Waals surface area contributed by atoms with E-state index in [4.69, 9.17) is 0 Å². The van der Waals surface area contributed by atoms with Crippen molar-refractivity contribution < 1.29 is 9.59 Å². The molecule has 2 amide bonds. The van der Waals surface area contributed by atoms with Gasteiger partial charge in [0.2, 0.25) is 0 Å². The van der Waals surface area contributed by atoms with Crippen molar-refractivity contribution >= 4 is 11.8 Å². The fraction of sp³-hybridized carbons (Fsp3) is 0.556. The van der Waals surface area contributed by atoms with Gasteiger partial charge < -0.3 is 10.6 Å². The number of hydrogen-bond acceptors (Lipinski definition) is 2. The lowest BCUT2D eigenvalue weighted by Gasteiger charge is -2.16. The smallest absolute Gasteiger partial charge is 0.251 e. The fourth-order valence-electron chi connectivity index (χ4n) is 2.81. The van der Waals surface area contributed by atoms with E-state index in [-0.39, 0.29) is 11.8 Å². The number of carbonyl (C=O) groups is 2. The molecule has 2 N–H and O–H groups in total. The molecule has 1 saturated carbocycles. The number of carbonyl (C=O) groups excluding carboxylic acids is 2. The number of nitrogens with one attached hydrogen (secondary N) is 2. The van der Waals surface area contributed by atoms with Crippen LogP contribution in [0.15, 0.2) is 24.3 Å². The number of rotatable bonds is 5. The van der Waals surface area contributed by atoms with Gasteiger partial charge in [-0.25, -0.2) is 0 Å². The molecule has 4 heteroatoms. The van der Waals surface area contributed by atoms with Gasteiger partial charge in [-0.1, -0.05) is 32.6 Å². The highest BCUT2D eigenvalue weighted by molar-refractivity contribution is 5.97.